The van der Waals surface area contributed by atoms with Crippen LogP contribution in [0.25, 0.3) is 33.4 Å². The van der Waals surface area contributed by atoms with Crippen molar-refractivity contribution in [3.05, 3.63) is 67.0 Å². The first-order chi connectivity index (χ1) is 12.8. The molecule has 2 aromatic carbocycles. The third-order valence-corrected chi connectivity index (χ3v) is 5.02. The van der Waals surface area contributed by atoms with Crippen molar-refractivity contribution >= 4 is 28.5 Å². The third kappa shape index (κ3) is 3.13. The lowest BCUT2D eigenvalue weighted by Gasteiger charge is -2.10. The van der Waals surface area contributed by atoms with Crippen LogP contribution in [-0.2, 0) is 0 Å². The maximum atomic E-state index is 4.72. The lowest BCUT2D eigenvalue weighted by molar-refractivity contribution is 1.20. The minimum absolute atomic E-state index is 0.673. The summed E-state index contributed by atoms with van der Waals surface area (Å²) in [5, 5.41) is 4.21. The molecule has 0 unspecified atom stereocenters. The fraction of sp³-hybridized carbons (Fsp3) is 0.0952. The molecule has 0 fully saturated rings. The summed E-state index contributed by atoms with van der Waals surface area (Å²) in [5.41, 5.74) is 4.15. The molecule has 0 aliphatic carbocycles. The van der Waals surface area contributed by atoms with Crippen LogP contribution in [0.2, 0.25) is 0 Å². The molecular formula is C21H18N4S. The van der Waals surface area contributed by atoms with E-state index in [4.69, 9.17) is 4.98 Å². The van der Waals surface area contributed by atoms with Gasteiger partial charge in [0, 0.05) is 35.3 Å². The number of anilines is 1. The van der Waals surface area contributed by atoms with Crippen LogP contribution in [0.15, 0.2) is 71.9 Å². The lowest BCUT2D eigenvalue weighted by atomic mass is 10.0. The monoisotopic (exact) mass is 358 g/mol. The maximum Gasteiger partial charge on any atom is 0.163 e. The first kappa shape index (κ1) is 16.5. The number of nitrogens with zero attached hydrogens (tertiary/aromatic N) is 3. The molecule has 0 radical (unpaired) electrons. The van der Waals surface area contributed by atoms with Crippen molar-refractivity contribution in [1.82, 2.24) is 15.0 Å². The van der Waals surface area contributed by atoms with E-state index in [-0.39, 0.29) is 0 Å². The molecule has 0 bridgehead atoms. The van der Waals surface area contributed by atoms with Crippen LogP contribution in [0, 0.1) is 0 Å². The number of thioether (sulfide) groups is 1. The summed E-state index contributed by atoms with van der Waals surface area (Å²) in [7, 11) is 1.88. The first-order valence-electron chi connectivity index (χ1n) is 8.33. The van der Waals surface area contributed by atoms with Gasteiger partial charge >= 0.3 is 0 Å². The van der Waals surface area contributed by atoms with Gasteiger partial charge in [-0.25, -0.2) is 9.97 Å². The molecule has 2 heterocycles. The van der Waals surface area contributed by atoms with Crippen molar-refractivity contribution in [2.75, 3.05) is 18.6 Å². The number of fused-ring (bicyclic) bond motifs is 1. The highest BCUT2D eigenvalue weighted by molar-refractivity contribution is 7.98. The molecule has 5 heteroatoms. The molecule has 0 saturated carbocycles. The zero-order valence-electron chi connectivity index (χ0n) is 14.6. The van der Waals surface area contributed by atoms with E-state index in [9.17, 15) is 0 Å². The predicted molar refractivity (Wildman–Crippen MR) is 110 cm³/mol. The van der Waals surface area contributed by atoms with Gasteiger partial charge in [-0.3, -0.25) is 4.98 Å². The van der Waals surface area contributed by atoms with Crippen LogP contribution >= 0.6 is 11.8 Å². The van der Waals surface area contributed by atoms with Gasteiger partial charge in [0.25, 0.3) is 0 Å². The highest BCUT2D eigenvalue weighted by Gasteiger charge is 2.10. The average Bonchev–Trinajstić information content (AvgIpc) is 2.73. The number of aromatic nitrogens is 3. The van der Waals surface area contributed by atoms with Gasteiger partial charge in [-0.2, -0.15) is 0 Å². The van der Waals surface area contributed by atoms with Gasteiger partial charge in [-0.15, -0.1) is 11.8 Å². The Morgan fingerprint density at radius 2 is 1.69 bits per heavy atom. The molecule has 1 N–H and O–H groups in total. The van der Waals surface area contributed by atoms with Crippen molar-refractivity contribution in [3.8, 4) is 22.5 Å². The van der Waals surface area contributed by atoms with Crippen LogP contribution in [0.1, 0.15) is 0 Å². The normalized spacial score (nSPS) is 10.8. The van der Waals surface area contributed by atoms with E-state index < -0.39 is 0 Å². The second kappa shape index (κ2) is 7.14. The van der Waals surface area contributed by atoms with Crippen LogP contribution in [-0.4, -0.2) is 28.3 Å². The van der Waals surface area contributed by atoms with Gasteiger partial charge in [0.1, 0.15) is 5.82 Å². The zero-order valence-corrected chi connectivity index (χ0v) is 15.4. The Kier molecular flexibility index (Phi) is 4.54. The Labute approximate surface area is 156 Å². The quantitative estimate of drug-likeness (QED) is 0.513. The lowest BCUT2D eigenvalue weighted by Crippen LogP contribution is -1.99. The van der Waals surface area contributed by atoms with Crippen LogP contribution in [0.5, 0.6) is 0 Å². The van der Waals surface area contributed by atoms with E-state index in [0.29, 0.717) is 5.82 Å². The highest BCUT2D eigenvalue weighted by Crippen LogP contribution is 2.30. The molecule has 0 amide bonds. The molecule has 4 nitrogen and oxygen atoms in total. The summed E-state index contributed by atoms with van der Waals surface area (Å²) < 4.78 is 0. The van der Waals surface area contributed by atoms with Gasteiger partial charge < -0.3 is 5.32 Å². The number of rotatable bonds is 4. The van der Waals surface area contributed by atoms with E-state index in [2.05, 4.69) is 64.0 Å². The molecule has 0 aliphatic heterocycles. The van der Waals surface area contributed by atoms with Crippen molar-refractivity contribution < 1.29 is 0 Å². The number of nitrogens with one attached hydrogen (secondary N) is 1. The molecule has 128 valence electrons. The summed E-state index contributed by atoms with van der Waals surface area (Å²) in [4.78, 5) is 14.8. The predicted octanol–water partition coefficient (Wildman–Crippen LogP) is 5.12. The molecule has 4 aromatic rings. The minimum atomic E-state index is 0.673. The Bertz CT molecular complexity index is 1050. The maximum absolute atomic E-state index is 4.72. The van der Waals surface area contributed by atoms with Gasteiger partial charge in [0.05, 0.1) is 5.52 Å². The third-order valence-electron chi connectivity index (χ3n) is 4.28. The smallest absolute Gasteiger partial charge is 0.163 e. The summed E-state index contributed by atoms with van der Waals surface area (Å²) in [6, 6.07) is 18.7. The van der Waals surface area contributed by atoms with Crippen molar-refractivity contribution in [1.29, 1.82) is 0 Å². The Morgan fingerprint density at radius 1 is 0.885 bits per heavy atom. The average molecular weight is 358 g/mol. The molecule has 2 aromatic heterocycles. The topological polar surface area (TPSA) is 50.7 Å². The second-order valence-electron chi connectivity index (χ2n) is 5.85. The van der Waals surface area contributed by atoms with Crippen LogP contribution in [0.4, 0.5) is 5.82 Å². The van der Waals surface area contributed by atoms with Gasteiger partial charge in [-0.05, 0) is 53.8 Å². The summed E-state index contributed by atoms with van der Waals surface area (Å²) in [5.74, 6) is 1.49. The van der Waals surface area contributed by atoms with Gasteiger partial charge in [0.2, 0.25) is 0 Å². The fourth-order valence-corrected chi connectivity index (χ4v) is 3.31. The Hall–Kier alpha value is -2.92. The molecule has 0 spiro atoms. The van der Waals surface area contributed by atoms with E-state index >= 15 is 0 Å². The second-order valence-corrected chi connectivity index (χ2v) is 6.73. The molecule has 0 aliphatic rings. The summed E-state index contributed by atoms with van der Waals surface area (Å²) in [6.45, 7) is 0. The minimum Gasteiger partial charge on any atom is -0.373 e. The summed E-state index contributed by atoms with van der Waals surface area (Å²) in [6.07, 6.45) is 5.61. The molecule has 4 rings (SSSR count). The molecule has 26 heavy (non-hydrogen) atoms. The van der Waals surface area contributed by atoms with Gasteiger partial charge in [0.15, 0.2) is 5.82 Å². The van der Waals surface area contributed by atoms with E-state index in [0.717, 1.165) is 27.8 Å². The van der Waals surface area contributed by atoms with Crippen molar-refractivity contribution in [2.45, 2.75) is 4.90 Å². The Balaban J connectivity index is 1.82. The number of hydrogen-bond donors (Lipinski definition) is 1. The van der Waals surface area contributed by atoms with Crippen LogP contribution < -0.4 is 5.32 Å². The largest absolute Gasteiger partial charge is 0.373 e. The zero-order chi connectivity index (χ0) is 17.9. The van der Waals surface area contributed by atoms with Crippen LogP contribution in [0.3, 0.4) is 0 Å². The number of benzene rings is 2. The highest BCUT2D eigenvalue weighted by atomic mass is 32.2. The molecule has 0 atom stereocenters. The van der Waals surface area contributed by atoms with Crippen molar-refractivity contribution in [3.63, 3.8) is 0 Å². The standard InChI is InChI=1S/C21H18N4S/c1-22-21-18-12-15(14-5-8-17(26-2)9-6-14)7-10-19(18)24-20(25-21)16-4-3-11-23-13-16/h3-13H,1-2H3,(H,22,24,25). The van der Waals surface area contributed by atoms with Crippen molar-refractivity contribution in [2.24, 2.45) is 0 Å². The summed E-state index contributed by atoms with van der Waals surface area (Å²) >= 11 is 1.75. The Morgan fingerprint density at radius 3 is 2.38 bits per heavy atom. The van der Waals surface area contributed by atoms with Gasteiger partial charge in [-0.1, -0.05) is 18.2 Å². The van der Waals surface area contributed by atoms with E-state index in [1.165, 1.54) is 10.5 Å². The number of hydrogen-bond acceptors (Lipinski definition) is 5. The van der Waals surface area contributed by atoms with E-state index in [1.807, 2.05) is 19.2 Å². The van der Waals surface area contributed by atoms with E-state index in [1.54, 1.807) is 24.2 Å². The molecule has 0 saturated heterocycles. The number of pyridine rings is 1. The molecular weight excluding hydrogens is 340 g/mol. The first-order valence-corrected chi connectivity index (χ1v) is 9.55. The fourth-order valence-electron chi connectivity index (χ4n) is 2.91. The SMILES string of the molecule is CNc1nc(-c2cccnc2)nc2ccc(-c3ccc(SC)cc3)cc12.